The zero-order chi connectivity index (χ0) is 14.7. The summed E-state index contributed by atoms with van der Waals surface area (Å²) in [5, 5.41) is 9.06. The monoisotopic (exact) mass is 300 g/mol. The zero-order valence-electron chi connectivity index (χ0n) is 11.2. The second-order valence-electron chi connectivity index (χ2n) is 4.55. The van der Waals surface area contributed by atoms with E-state index >= 15 is 0 Å². The third-order valence-electron chi connectivity index (χ3n) is 3.14. The molecule has 0 amide bonds. The number of unbranched alkanes of at least 4 members (excludes halogenated alkanes) is 2. The molecular formula is C12H17ClN4O3. The molecule has 0 radical (unpaired) electrons. The van der Waals surface area contributed by atoms with Crippen molar-refractivity contribution in [3.63, 3.8) is 0 Å². The molecule has 0 saturated heterocycles. The van der Waals surface area contributed by atoms with E-state index in [1.807, 2.05) is 0 Å². The molecule has 0 atom stereocenters. The molecule has 0 unspecified atom stereocenters. The van der Waals surface area contributed by atoms with Crippen LogP contribution in [0.5, 0.6) is 0 Å². The maximum absolute atomic E-state index is 12.3. The Morgan fingerprint density at radius 1 is 1.25 bits per heavy atom. The number of hydrogen-bond donors (Lipinski definition) is 2. The van der Waals surface area contributed by atoms with Crippen molar-refractivity contribution in [3.8, 4) is 0 Å². The molecule has 0 bridgehead atoms. The van der Waals surface area contributed by atoms with Crippen LogP contribution in [0.3, 0.4) is 0 Å². The SMILES string of the molecule is CCCCCn1c(=O)n(CCO)c(=O)c2[nH]c(Cl)nc21. The molecule has 2 aromatic heterocycles. The first-order valence-corrected chi connectivity index (χ1v) is 6.97. The number of nitrogens with zero attached hydrogens (tertiary/aromatic N) is 3. The van der Waals surface area contributed by atoms with Crippen molar-refractivity contribution >= 4 is 22.8 Å². The number of aromatic amines is 1. The van der Waals surface area contributed by atoms with Crippen LogP contribution in [0.2, 0.25) is 5.28 Å². The number of H-pyrrole nitrogens is 1. The number of aryl methyl sites for hydroxylation is 1. The van der Waals surface area contributed by atoms with Gasteiger partial charge in [0, 0.05) is 6.54 Å². The Hall–Kier alpha value is -1.60. The van der Waals surface area contributed by atoms with Crippen LogP contribution in [0, 0.1) is 0 Å². The fourth-order valence-corrected chi connectivity index (χ4v) is 2.33. The predicted molar refractivity (Wildman–Crippen MR) is 76.2 cm³/mol. The first-order chi connectivity index (χ1) is 9.60. The number of aliphatic hydroxyl groups is 1. The van der Waals surface area contributed by atoms with E-state index in [9.17, 15) is 9.59 Å². The molecule has 2 heterocycles. The largest absolute Gasteiger partial charge is 0.395 e. The van der Waals surface area contributed by atoms with Gasteiger partial charge < -0.3 is 10.1 Å². The fourth-order valence-electron chi connectivity index (χ4n) is 2.16. The van der Waals surface area contributed by atoms with Gasteiger partial charge in [0.15, 0.2) is 11.2 Å². The average Bonchev–Trinajstić information content (AvgIpc) is 2.80. The summed E-state index contributed by atoms with van der Waals surface area (Å²) in [5.41, 5.74) is -0.504. The summed E-state index contributed by atoms with van der Waals surface area (Å²) in [6, 6.07) is 0. The summed E-state index contributed by atoms with van der Waals surface area (Å²) >= 11 is 5.79. The van der Waals surface area contributed by atoms with E-state index in [4.69, 9.17) is 16.7 Å². The van der Waals surface area contributed by atoms with Gasteiger partial charge in [0.25, 0.3) is 5.56 Å². The molecule has 8 heteroatoms. The Morgan fingerprint density at radius 3 is 2.65 bits per heavy atom. The lowest BCUT2D eigenvalue weighted by molar-refractivity contribution is 0.270. The highest BCUT2D eigenvalue weighted by atomic mass is 35.5. The molecular weight excluding hydrogens is 284 g/mol. The molecule has 0 fully saturated rings. The molecule has 0 spiro atoms. The molecule has 0 aliphatic rings. The minimum atomic E-state index is -0.509. The van der Waals surface area contributed by atoms with Crippen LogP contribution in [0.15, 0.2) is 9.59 Å². The van der Waals surface area contributed by atoms with Crippen LogP contribution in [0.4, 0.5) is 0 Å². The summed E-state index contributed by atoms with van der Waals surface area (Å²) in [6.07, 6.45) is 2.81. The Bertz CT molecular complexity index is 716. The van der Waals surface area contributed by atoms with Crippen molar-refractivity contribution in [2.75, 3.05) is 6.61 Å². The number of aromatic nitrogens is 4. The van der Waals surface area contributed by atoms with Crippen molar-refractivity contribution in [2.45, 2.75) is 39.3 Å². The Kier molecular flexibility index (Phi) is 4.61. The van der Waals surface area contributed by atoms with Crippen LogP contribution in [0.25, 0.3) is 11.2 Å². The summed E-state index contributed by atoms with van der Waals surface area (Å²) in [4.78, 5) is 31.1. The van der Waals surface area contributed by atoms with E-state index in [1.54, 1.807) is 0 Å². The third-order valence-corrected chi connectivity index (χ3v) is 3.32. The Morgan fingerprint density at radius 2 is 2.00 bits per heavy atom. The Labute approximate surface area is 119 Å². The van der Waals surface area contributed by atoms with Gasteiger partial charge in [0.05, 0.1) is 13.2 Å². The van der Waals surface area contributed by atoms with E-state index in [0.717, 1.165) is 23.8 Å². The molecule has 20 heavy (non-hydrogen) atoms. The van der Waals surface area contributed by atoms with Gasteiger partial charge in [0.2, 0.25) is 5.28 Å². The highest BCUT2D eigenvalue weighted by molar-refractivity contribution is 6.28. The molecule has 7 nitrogen and oxygen atoms in total. The highest BCUT2D eigenvalue weighted by Crippen LogP contribution is 2.10. The van der Waals surface area contributed by atoms with Crippen LogP contribution >= 0.6 is 11.6 Å². The predicted octanol–water partition coefficient (Wildman–Crippen LogP) is 0.722. The lowest BCUT2D eigenvalue weighted by Crippen LogP contribution is -2.41. The first kappa shape index (κ1) is 14.8. The number of nitrogens with one attached hydrogen (secondary N) is 1. The van der Waals surface area contributed by atoms with Gasteiger partial charge >= 0.3 is 5.69 Å². The zero-order valence-corrected chi connectivity index (χ0v) is 12.0. The number of imidazole rings is 1. The number of aliphatic hydroxyl groups excluding tert-OH is 1. The smallest absolute Gasteiger partial charge is 0.332 e. The van der Waals surface area contributed by atoms with Crippen molar-refractivity contribution in [2.24, 2.45) is 0 Å². The summed E-state index contributed by atoms with van der Waals surface area (Å²) < 4.78 is 2.44. The minimum absolute atomic E-state index is 0.0436. The van der Waals surface area contributed by atoms with Crippen molar-refractivity contribution in [1.82, 2.24) is 19.1 Å². The highest BCUT2D eigenvalue weighted by Gasteiger charge is 2.16. The van der Waals surface area contributed by atoms with E-state index in [-0.39, 0.29) is 29.6 Å². The van der Waals surface area contributed by atoms with Crippen LogP contribution < -0.4 is 11.2 Å². The van der Waals surface area contributed by atoms with Crippen molar-refractivity contribution in [3.05, 3.63) is 26.1 Å². The summed E-state index contributed by atoms with van der Waals surface area (Å²) in [6.45, 7) is 2.21. The maximum atomic E-state index is 12.3. The van der Waals surface area contributed by atoms with Gasteiger partial charge in [-0.3, -0.25) is 13.9 Å². The fraction of sp³-hybridized carbons (Fsp3) is 0.583. The second kappa shape index (κ2) is 6.23. The lowest BCUT2D eigenvalue weighted by Gasteiger charge is -2.10. The molecule has 0 saturated carbocycles. The van der Waals surface area contributed by atoms with Gasteiger partial charge in [-0.05, 0) is 18.0 Å². The molecule has 2 rings (SSSR count). The van der Waals surface area contributed by atoms with E-state index in [1.165, 1.54) is 4.57 Å². The Balaban J connectivity index is 2.63. The van der Waals surface area contributed by atoms with E-state index < -0.39 is 11.2 Å². The van der Waals surface area contributed by atoms with Gasteiger partial charge in [-0.25, -0.2) is 4.79 Å². The molecule has 0 aliphatic carbocycles. The van der Waals surface area contributed by atoms with Crippen LogP contribution in [0.1, 0.15) is 26.2 Å². The number of halogens is 1. The van der Waals surface area contributed by atoms with Gasteiger partial charge in [-0.15, -0.1) is 0 Å². The summed E-state index contributed by atoms with van der Waals surface area (Å²) in [7, 11) is 0. The third kappa shape index (κ3) is 2.64. The first-order valence-electron chi connectivity index (χ1n) is 6.59. The topological polar surface area (TPSA) is 92.9 Å². The molecule has 2 N–H and O–H groups in total. The van der Waals surface area contributed by atoms with Crippen molar-refractivity contribution in [1.29, 1.82) is 0 Å². The van der Waals surface area contributed by atoms with Crippen LogP contribution in [-0.2, 0) is 13.1 Å². The van der Waals surface area contributed by atoms with Gasteiger partial charge in [-0.1, -0.05) is 19.8 Å². The number of hydrogen-bond acceptors (Lipinski definition) is 4. The quantitative estimate of drug-likeness (QED) is 0.607. The number of fused-ring (bicyclic) bond motifs is 1. The second-order valence-corrected chi connectivity index (χ2v) is 4.91. The van der Waals surface area contributed by atoms with E-state index in [2.05, 4.69) is 16.9 Å². The van der Waals surface area contributed by atoms with E-state index in [0.29, 0.717) is 6.54 Å². The van der Waals surface area contributed by atoms with Crippen LogP contribution in [-0.4, -0.2) is 30.8 Å². The maximum Gasteiger partial charge on any atom is 0.332 e. The number of rotatable bonds is 6. The average molecular weight is 301 g/mol. The van der Waals surface area contributed by atoms with Crippen molar-refractivity contribution < 1.29 is 5.11 Å². The standard InChI is InChI=1S/C12H17ClN4O3/c1-2-3-4-5-16-9-8(14-11(13)15-9)10(19)17(6-7-18)12(16)20/h18H,2-7H2,1H3,(H,14,15). The molecule has 0 aromatic carbocycles. The van der Waals surface area contributed by atoms with Gasteiger partial charge in [0.1, 0.15) is 0 Å². The van der Waals surface area contributed by atoms with Gasteiger partial charge in [-0.2, -0.15) is 4.98 Å². The molecule has 2 aromatic rings. The summed E-state index contributed by atoms with van der Waals surface area (Å²) in [5.74, 6) is 0. The normalized spacial score (nSPS) is 11.3. The minimum Gasteiger partial charge on any atom is -0.395 e. The lowest BCUT2D eigenvalue weighted by atomic mass is 10.2. The molecule has 110 valence electrons. The molecule has 0 aliphatic heterocycles.